The number of carboxylic acids is 2. The van der Waals surface area contributed by atoms with E-state index in [1.807, 2.05) is 0 Å². The lowest BCUT2D eigenvalue weighted by atomic mass is 10.3. The molecule has 16 heavy (non-hydrogen) atoms. The van der Waals surface area contributed by atoms with Crippen molar-refractivity contribution in [1.29, 1.82) is 0 Å². The number of furan rings is 1. The Labute approximate surface area is 89.9 Å². The van der Waals surface area contributed by atoms with E-state index in [0.29, 0.717) is 4.90 Å². The van der Waals surface area contributed by atoms with Crippen molar-refractivity contribution in [2.24, 2.45) is 0 Å². The van der Waals surface area contributed by atoms with Crippen LogP contribution in [0.15, 0.2) is 23.0 Å². The highest BCUT2D eigenvalue weighted by molar-refractivity contribution is 5.97. The van der Waals surface area contributed by atoms with Crippen molar-refractivity contribution < 1.29 is 29.0 Å². The van der Waals surface area contributed by atoms with Crippen molar-refractivity contribution in [2.45, 2.75) is 0 Å². The Morgan fingerprint density at radius 3 is 2.12 bits per heavy atom. The molecule has 86 valence electrons. The van der Waals surface area contributed by atoms with Crippen molar-refractivity contribution in [3.8, 4) is 0 Å². The van der Waals surface area contributed by atoms with Gasteiger partial charge < -0.3 is 19.5 Å². The summed E-state index contributed by atoms with van der Waals surface area (Å²) >= 11 is 0. The van der Waals surface area contributed by atoms with Crippen LogP contribution in [0.25, 0.3) is 0 Å². The minimum Gasteiger partial charge on any atom is -0.480 e. The fourth-order valence-electron chi connectivity index (χ4n) is 1.09. The number of aliphatic carboxylic acids is 2. The van der Waals surface area contributed by atoms with Crippen molar-refractivity contribution in [3.63, 3.8) is 0 Å². The molecular weight excluding hydrogens is 218 g/mol. The average Bonchev–Trinajstić information content (AvgIpc) is 2.66. The molecule has 1 rings (SSSR count). The largest absolute Gasteiger partial charge is 0.480 e. The first-order valence-electron chi connectivity index (χ1n) is 4.25. The fraction of sp³-hybridized carbons (Fsp3) is 0.222. The number of carbonyl (C=O) groups is 3. The molecule has 0 saturated carbocycles. The average molecular weight is 227 g/mol. The molecule has 0 fully saturated rings. The first-order chi connectivity index (χ1) is 7.50. The number of hydrogen-bond donors (Lipinski definition) is 2. The molecule has 0 aliphatic rings. The molecule has 0 unspecified atom stereocenters. The van der Waals surface area contributed by atoms with Crippen LogP contribution in [0.1, 0.15) is 10.4 Å². The second-order valence-corrected chi connectivity index (χ2v) is 2.96. The summed E-state index contributed by atoms with van der Waals surface area (Å²) in [6, 6.07) is 1.33. The highest BCUT2D eigenvalue weighted by Crippen LogP contribution is 2.05. The highest BCUT2D eigenvalue weighted by Gasteiger charge is 2.21. The number of carboxylic acid groups (broad SMARTS) is 2. The van der Waals surface area contributed by atoms with E-state index in [1.165, 1.54) is 12.3 Å². The Morgan fingerprint density at radius 2 is 1.75 bits per heavy atom. The molecule has 0 bridgehead atoms. The molecule has 2 N–H and O–H groups in total. The summed E-state index contributed by atoms with van der Waals surface area (Å²) in [6.07, 6.45) is 2.37. The molecule has 1 aromatic rings. The summed E-state index contributed by atoms with van der Waals surface area (Å²) in [7, 11) is 0. The maximum atomic E-state index is 11.6. The van der Waals surface area contributed by atoms with Crippen LogP contribution < -0.4 is 0 Å². The Bertz CT molecular complexity index is 380. The lowest BCUT2D eigenvalue weighted by Gasteiger charge is -2.17. The zero-order valence-corrected chi connectivity index (χ0v) is 8.12. The summed E-state index contributed by atoms with van der Waals surface area (Å²) in [4.78, 5) is 33.2. The van der Waals surface area contributed by atoms with Gasteiger partial charge in [0.1, 0.15) is 19.4 Å². The second kappa shape index (κ2) is 4.96. The quantitative estimate of drug-likeness (QED) is 0.726. The van der Waals surface area contributed by atoms with Crippen LogP contribution >= 0.6 is 0 Å². The number of nitrogens with zero attached hydrogens (tertiary/aromatic N) is 1. The van der Waals surface area contributed by atoms with E-state index in [0.717, 1.165) is 6.26 Å². The van der Waals surface area contributed by atoms with E-state index in [9.17, 15) is 14.4 Å². The summed E-state index contributed by atoms with van der Waals surface area (Å²) in [6.45, 7) is -1.34. The highest BCUT2D eigenvalue weighted by atomic mass is 16.4. The molecule has 0 aliphatic carbocycles. The number of carbonyl (C=O) groups excluding carboxylic acids is 1. The van der Waals surface area contributed by atoms with Crippen molar-refractivity contribution in [2.75, 3.05) is 13.1 Å². The van der Waals surface area contributed by atoms with Gasteiger partial charge >= 0.3 is 11.9 Å². The summed E-state index contributed by atoms with van der Waals surface area (Å²) in [5.41, 5.74) is 0.113. The van der Waals surface area contributed by atoms with Gasteiger partial charge in [0.2, 0.25) is 0 Å². The van der Waals surface area contributed by atoms with Crippen LogP contribution in [0, 0.1) is 0 Å². The molecule has 7 nitrogen and oxygen atoms in total. The lowest BCUT2D eigenvalue weighted by Crippen LogP contribution is -2.39. The molecular formula is C9H9NO6. The smallest absolute Gasteiger partial charge is 0.323 e. The molecule has 0 radical (unpaired) electrons. The topological polar surface area (TPSA) is 108 Å². The van der Waals surface area contributed by atoms with Gasteiger partial charge in [0, 0.05) is 0 Å². The normalized spacial score (nSPS) is 9.75. The summed E-state index contributed by atoms with van der Waals surface area (Å²) in [5, 5.41) is 17.1. The molecule has 1 aromatic heterocycles. The Kier molecular flexibility index (Phi) is 3.65. The Morgan fingerprint density at radius 1 is 1.19 bits per heavy atom. The second-order valence-electron chi connectivity index (χ2n) is 2.96. The number of amides is 1. The van der Waals surface area contributed by atoms with Crippen LogP contribution in [-0.2, 0) is 9.59 Å². The summed E-state index contributed by atoms with van der Waals surface area (Å²) < 4.78 is 4.65. The van der Waals surface area contributed by atoms with Gasteiger partial charge in [0.05, 0.1) is 11.8 Å². The van der Waals surface area contributed by atoms with E-state index >= 15 is 0 Å². The van der Waals surface area contributed by atoms with E-state index in [-0.39, 0.29) is 5.56 Å². The maximum absolute atomic E-state index is 11.6. The van der Waals surface area contributed by atoms with Gasteiger partial charge in [-0.2, -0.15) is 0 Å². The number of rotatable bonds is 5. The standard InChI is InChI=1S/C9H9NO6/c11-7(12)3-10(4-8(13)14)9(15)6-1-2-16-5-6/h1-2,5H,3-4H2,(H,11,12)(H,13,14). The zero-order valence-electron chi connectivity index (χ0n) is 8.12. The van der Waals surface area contributed by atoms with E-state index in [2.05, 4.69) is 4.42 Å². The predicted octanol–water partition coefficient (Wildman–Crippen LogP) is -0.109. The van der Waals surface area contributed by atoms with Crippen LogP contribution in [0.5, 0.6) is 0 Å². The number of hydrogen-bond acceptors (Lipinski definition) is 4. The van der Waals surface area contributed by atoms with Gasteiger partial charge in [0.25, 0.3) is 5.91 Å². The van der Waals surface area contributed by atoms with Gasteiger partial charge in [-0.3, -0.25) is 14.4 Å². The van der Waals surface area contributed by atoms with Crippen molar-refractivity contribution >= 4 is 17.8 Å². The van der Waals surface area contributed by atoms with Crippen molar-refractivity contribution in [3.05, 3.63) is 24.2 Å². The minimum absolute atomic E-state index is 0.113. The van der Waals surface area contributed by atoms with E-state index in [1.54, 1.807) is 0 Å². The van der Waals surface area contributed by atoms with Crippen LogP contribution in [0.3, 0.4) is 0 Å². The van der Waals surface area contributed by atoms with Gasteiger partial charge in [-0.1, -0.05) is 0 Å². The zero-order chi connectivity index (χ0) is 12.1. The monoisotopic (exact) mass is 227 g/mol. The molecule has 7 heteroatoms. The van der Waals surface area contributed by atoms with E-state index in [4.69, 9.17) is 10.2 Å². The van der Waals surface area contributed by atoms with Gasteiger partial charge in [-0.25, -0.2) is 0 Å². The van der Waals surface area contributed by atoms with Crippen molar-refractivity contribution in [1.82, 2.24) is 4.90 Å². The predicted molar refractivity (Wildman–Crippen MR) is 49.9 cm³/mol. The molecule has 0 spiro atoms. The first-order valence-corrected chi connectivity index (χ1v) is 4.25. The van der Waals surface area contributed by atoms with Gasteiger partial charge in [-0.05, 0) is 6.07 Å². The molecule has 0 atom stereocenters. The Balaban J connectivity index is 2.79. The maximum Gasteiger partial charge on any atom is 0.323 e. The Hall–Kier alpha value is -2.31. The van der Waals surface area contributed by atoms with E-state index < -0.39 is 30.9 Å². The first kappa shape index (κ1) is 11.8. The third-order valence-corrected chi connectivity index (χ3v) is 1.71. The van der Waals surface area contributed by atoms with Crippen LogP contribution in [0.4, 0.5) is 0 Å². The SMILES string of the molecule is O=C(O)CN(CC(=O)O)C(=O)c1ccoc1. The van der Waals surface area contributed by atoms with Crippen LogP contribution in [0.2, 0.25) is 0 Å². The fourth-order valence-corrected chi connectivity index (χ4v) is 1.09. The molecule has 0 aromatic carbocycles. The molecule has 1 amide bonds. The summed E-state index contributed by atoms with van der Waals surface area (Å²) in [5.74, 6) is -3.25. The minimum atomic E-state index is -1.28. The van der Waals surface area contributed by atoms with Crippen LogP contribution in [-0.4, -0.2) is 46.0 Å². The third kappa shape index (κ3) is 3.12. The van der Waals surface area contributed by atoms with Gasteiger partial charge in [0.15, 0.2) is 0 Å². The molecule has 1 heterocycles. The van der Waals surface area contributed by atoms with Gasteiger partial charge in [-0.15, -0.1) is 0 Å². The lowest BCUT2D eigenvalue weighted by molar-refractivity contribution is -0.140. The molecule has 0 saturated heterocycles. The molecule has 0 aliphatic heterocycles. The third-order valence-electron chi connectivity index (χ3n) is 1.71.